The maximum Gasteiger partial charge on any atom is 0.298 e. The van der Waals surface area contributed by atoms with Gasteiger partial charge in [-0.05, 0) is 13.8 Å². The zero-order valence-electron chi connectivity index (χ0n) is 7.10. The lowest BCUT2D eigenvalue weighted by Gasteiger charge is -2.28. The van der Waals surface area contributed by atoms with Crippen molar-refractivity contribution in [3.05, 3.63) is 0 Å². The van der Waals surface area contributed by atoms with Gasteiger partial charge in [0, 0.05) is 0 Å². The van der Waals surface area contributed by atoms with Gasteiger partial charge in [-0.15, -0.1) is 6.42 Å². The summed E-state index contributed by atoms with van der Waals surface area (Å²) in [6.45, 7) is 1.00. The van der Waals surface area contributed by atoms with Crippen LogP contribution in [-0.2, 0) is 4.74 Å². The topological polar surface area (TPSA) is 29.5 Å². The Morgan fingerprint density at radius 1 is 1.50 bits per heavy atom. The summed E-state index contributed by atoms with van der Waals surface area (Å²) in [6.07, 6.45) is 4.78. The average molecular weight is 178 g/mol. The second-order valence-corrected chi connectivity index (χ2v) is 2.96. The largest absolute Gasteiger partial charge is 0.384 e. The Morgan fingerprint density at radius 2 is 2.00 bits per heavy atom. The van der Waals surface area contributed by atoms with Crippen LogP contribution < -0.4 is 0 Å². The van der Waals surface area contributed by atoms with Crippen LogP contribution in [0.3, 0.4) is 0 Å². The summed E-state index contributed by atoms with van der Waals surface area (Å²) in [5, 5.41) is 8.96. The molecule has 0 aromatic carbocycles. The number of aliphatic hydroxyl groups is 1. The monoisotopic (exact) mass is 178 g/mol. The van der Waals surface area contributed by atoms with Crippen LogP contribution in [0.4, 0.5) is 8.78 Å². The van der Waals surface area contributed by atoms with Gasteiger partial charge >= 0.3 is 0 Å². The van der Waals surface area contributed by atoms with Crippen LogP contribution >= 0.6 is 0 Å². The number of hydrogen-bond donors (Lipinski definition) is 1. The summed E-state index contributed by atoms with van der Waals surface area (Å²) in [5.41, 5.74) is -2.08. The number of alkyl halides is 2. The number of ether oxygens (including phenoxy) is 1. The average Bonchev–Trinajstić information content (AvgIpc) is 1.85. The highest BCUT2D eigenvalue weighted by Crippen LogP contribution is 2.27. The minimum atomic E-state index is -3.27. The molecule has 0 heterocycles. The van der Waals surface area contributed by atoms with Gasteiger partial charge in [0.1, 0.15) is 18.8 Å². The second-order valence-electron chi connectivity index (χ2n) is 2.96. The minimum absolute atomic E-state index is 0.175. The van der Waals surface area contributed by atoms with Gasteiger partial charge in [0.25, 0.3) is 5.92 Å². The molecule has 0 spiro atoms. The van der Waals surface area contributed by atoms with E-state index in [0.717, 1.165) is 13.8 Å². The highest BCUT2D eigenvalue weighted by atomic mass is 19.3. The molecule has 4 heteroatoms. The molecule has 0 aromatic rings. The molecule has 2 nitrogen and oxygen atoms in total. The van der Waals surface area contributed by atoms with Gasteiger partial charge in [-0.25, -0.2) is 8.78 Å². The molecule has 0 bridgehead atoms. The normalized spacial score (nSPS) is 12.7. The molecule has 0 saturated carbocycles. The van der Waals surface area contributed by atoms with Gasteiger partial charge in [-0.1, -0.05) is 5.92 Å². The number of halogens is 2. The minimum Gasteiger partial charge on any atom is -0.384 e. The molecular weight excluding hydrogens is 166 g/mol. The SMILES string of the molecule is C#CCOCC(F)(F)C(C)(C)O. The first-order valence-corrected chi connectivity index (χ1v) is 3.42. The smallest absolute Gasteiger partial charge is 0.298 e. The lowest BCUT2D eigenvalue weighted by Crippen LogP contribution is -2.46. The van der Waals surface area contributed by atoms with E-state index in [4.69, 9.17) is 11.5 Å². The van der Waals surface area contributed by atoms with Crippen LogP contribution in [0.25, 0.3) is 0 Å². The summed E-state index contributed by atoms with van der Waals surface area (Å²) in [4.78, 5) is 0. The van der Waals surface area contributed by atoms with Crippen LogP contribution in [0.15, 0.2) is 0 Å². The Hall–Kier alpha value is -0.660. The third-order valence-electron chi connectivity index (χ3n) is 1.36. The maximum atomic E-state index is 12.8. The third-order valence-corrected chi connectivity index (χ3v) is 1.36. The summed E-state index contributed by atoms with van der Waals surface area (Å²) in [6, 6.07) is 0. The van der Waals surface area contributed by atoms with Gasteiger partial charge in [0.2, 0.25) is 0 Å². The van der Waals surface area contributed by atoms with E-state index < -0.39 is 18.1 Å². The van der Waals surface area contributed by atoms with Crippen molar-refractivity contribution in [2.24, 2.45) is 0 Å². The van der Waals surface area contributed by atoms with E-state index in [1.165, 1.54) is 0 Å². The van der Waals surface area contributed by atoms with E-state index in [1.807, 2.05) is 0 Å². The highest BCUT2D eigenvalue weighted by molar-refractivity contribution is 4.87. The lowest BCUT2D eigenvalue weighted by atomic mass is 10.0. The standard InChI is InChI=1S/C8H12F2O2/c1-4-5-12-6-8(9,10)7(2,3)11/h1,11H,5-6H2,2-3H3. The van der Waals surface area contributed by atoms with E-state index in [-0.39, 0.29) is 6.61 Å². The molecule has 70 valence electrons. The van der Waals surface area contributed by atoms with Crippen LogP contribution in [0, 0.1) is 12.3 Å². The second kappa shape index (κ2) is 3.83. The van der Waals surface area contributed by atoms with Crippen LogP contribution in [-0.4, -0.2) is 29.8 Å². The van der Waals surface area contributed by atoms with E-state index >= 15 is 0 Å². The molecule has 12 heavy (non-hydrogen) atoms. The molecule has 0 aliphatic heterocycles. The Kier molecular flexibility index (Phi) is 3.62. The molecule has 0 amide bonds. The fourth-order valence-corrected chi connectivity index (χ4v) is 0.415. The predicted molar refractivity (Wildman–Crippen MR) is 40.9 cm³/mol. The Morgan fingerprint density at radius 3 is 2.33 bits per heavy atom. The fourth-order valence-electron chi connectivity index (χ4n) is 0.415. The van der Waals surface area contributed by atoms with Crippen LogP contribution in [0.5, 0.6) is 0 Å². The van der Waals surface area contributed by atoms with Crippen molar-refractivity contribution in [3.63, 3.8) is 0 Å². The Bertz CT molecular complexity index is 176. The molecule has 1 N–H and O–H groups in total. The maximum absolute atomic E-state index is 12.8. The van der Waals surface area contributed by atoms with Gasteiger partial charge in [0.05, 0.1) is 0 Å². The van der Waals surface area contributed by atoms with Crippen LogP contribution in [0.2, 0.25) is 0 Å². The first-order chi connectivity index (χ1) is 5.31. The number of rotatable bonds is 4. The highest BCUT2D eigenvalue weighted by Gasteiger charge is 2.45. The zero-order valence-corrected chi connectivity index (χ0v) is 7.10. The fraction of sp³-hybridized carbons (Fsp3) is 0.750. The predicted octanol–water partition coefficient (Wildman–Crippen LogP) is 1.04. The molecule has 0 aliphatic carbocycles. The first kappa shape index (κ1) is 11.3. The van der Waals surface area contributed by atoms with Gasteiger partial charge < -0.3 is 9.84 Å². The molecule has 0 unspecified atom stereocenters. The molecule has 0 aliphatic rings. The summed E-state index contributed by atoms with van der Waals surface area (Å²) < 4.78 is 30.0. The molecule has 0 radical (unpaired) electrons. The van der Waals surface area contributed by atoms with Gasteiger partial charge in [-0.3, -0.25) is 0 Å². The van der Waals surface area contributed by atoms with E-state index in [2.05, 4.69) is 10.7 Å². The van der Waals surface area contributed by atoms with E-state index in [0.29, 0.717) is 0 Å². The van der Waals surface area contributed by atoms with Gasteiger partial charge in [-0.2, -0.15) is 0 Å². The molecule has 0 saturated heterocycles. The van der Waals surface area contributed by atoms with Crippen molar-refractivity contribution in [1.82, 2.24) is 0 Å². The number of terminal acetylenes is 1. The van der Waals surface area contributed by atoms with Gasteiger partial charge in [0.15, 0.2) is 0 Å². The van der Waals surface area contributed by atoms with Crippen LogP contribution in [0.1, 0.15) is 13.8 Å². The van der Waals surface area contributed by atoms with Crippen molar-refractivity contribution >= 4 is 0 Å². The Balaban J connectivity index is 3.98. The van der Waals surface area contributed by atoms with Crippen molar-refractivity contribution in [3.8, 4) is 12.3 Å². The van der Waals surface area contributed by atoms with Crippen molar-refractivity contribution in [2.75, 3.05) is 13.2 Å². The molecular formula is C8H12F2O2. The zero-order chi connectivity index (χ0) is 9.83. The summed E-state index contributed by atoms with van der Waals surface area (Å²) >= 11 is 0. The first-order valence-electron chi connectivity index (χ1n) is 3.42. The molecule has 0 atom stereocenters. The van der Waals surface area contributed by atoms with Crippen molar-refractivity contribution in [1.29, 1.82) is 0 Å². The third kappa shape index (κ3) is 3.16. The quantitative estimate of drug-likeness (QED) is 0.515. The molecule has 0 fully saturated rings. The number of hydrogen-bond acceptors (Lipinski definition) is 2. The van der Waals surface area contributed by atoms with E-state index in [9.17, 15) is 8.78 Å². The van der Waals surface area contributed by atoms with Crippen molar-refractivity contribution < 1.29 is 18.6 Å². The molecule has 0 aromatic heterocycles. The van der Waals surface area contributed by atoms with E-state index in [1.54, 1.807) is 0 Å². The summed E-state index contributed by atoms with van der Waals surface area (Å²) in [7, 11) is 0. The lowest BCUT2D eigenvalue weighted by molar-refractivity contribution is -0.190. The van der Waals surface area contributed by atoms with Crippen molar-refractivity contribution in [2.45, 2.75) is 25.4 Å². The Labute approximate surface area is 70.5 Å². The molecule has 0 rings (SSSR count). The summed E-state index contributed by atoms with van der Waals surface area (Å²) in [5.74, 6) is -1.22.